The van der Waals surface area contributed by atoms with Crippen molar-refractivity contribution in [1.82, 2.24) is 0 Å². The van der Waals surface area contributed by atoms with Crippen LogP contribution in [0, 0.1) is 6.92 Å². The Hall–Kier alpha value is -1.45. The Morgan fingerprint density at radius 1 is 0.870 bits per heavy atom. The van der Waals surface area contributed by atoms with Gasteiger partial charge in [-0.3, -0.25) is 9.59 Å². The summed E-state index contributed by atoms with van der Waals surface area (Å²) in [5.41, 5.74) is 0.597. The van der Waals surface area contributed by atoms with Gasteiger partial charge in [0.05, 0.1) is 4.88 Å². The van der Waals surface area contributed by atoms with Crippen molar-refractivity contribution in [3.63, 3.8) is 0 Å². The molecular formula is C19H25ClO2S. The zero-order valence-electron chi connectivity index (χ0n) is 14.5. The molecule has 0 spiro atoms. The zero-order valence-corrected chi connectivity index (χ0v) is 16.1. The number of thiophene rings is 1. The summed E-state index contributed by atoms with van der Waals surface area (Å²) in [5, 5.41) is 0.599. The van der Waals surface area contributed by atoms with E-state index in [0.717, 1.165) is 9.75 Å². The molecule has 0 atom stereocenters. The molecule has 0 saturated heterocycles. The maximum atomic E-state index is 11.9. The van der Waals surface area contributed by atoms with Crippen LogP contribution in [-0.2, 0) is 0 Å². The SMILES string of the molecule is CC.CC.Cc1ccc(C(=O)CCC(=O)c2ccc(Cl)cc2)s1. The molecule has 126 valence electrons. The lowest BCUT2D eigenvalue weighted by molar-refractivity contribution is 0.0919. The lowest BCUT2D eigenvalue weighted by atomic mass is 10.0. The number of carbonyl (C=O) groups is 2. The summed E-state index contributed by atoms with van der Waals surface area (Å²) < 4.78 is 0. The van der Waals surface area contributed by atoms with E-state index in [1.165, 1.54) is 11.3 Å². The van der Waals surface area contributed by atoms with Crippen LogP contribution in [0.2, 0.25) is 5.02 Å². The molecule has 2 aromatic rings. The summed E-state index contributed by atoms with van der Waals surface area (Å²) in [7, 11) is 0. The van der Waals surface area contributed by atoms with E-state index in [9.17, 15) is 9.59 Å². The van der Waals surface area contributed by atoms with Gasteiger partial charge < -0.3 is 0 Å². The first-order chi connectivity index (χ1) is 11.1. The Kier molecular flexibility index (Phi) is 11.3. The van der Waals surface area contributed by atoms with Gasteiger partial charge in [0.2, 0.25) is 0 Å². The standard InChI is InChI=1S/C15H13ClO2S.2C2H6/c1-10-2-9-15(19-10)14(18)8-7-13(17)11-3-5-12(16)6-4-11;2*1-2/h2-6,9H,7-8H2,1H3;2*1-2H3. The molecule has 0 aliphatic carbocycles. The summed E-state index contributed by atoms with van der Waals surface area (Å²) in [6.07, 6.45) is 0.485. The van der Waals surface area contributed by atoms with Crippen molar-refractivity contribution >= 4 is 34.5 Å². The number of rotatable bonds is 5. The molecule has 0 aliphatic rings. The van der Waals surface area contributed by atoms with Crippen LogP contribution in [0.5, 0.6) is 0 Å². The fourth-order valence-electron chi connectivity index (χ4n) is 1.71. The largest absolute Gasteiger partial charge is 0.294 e. The van der Waals surface area contributed by atoms with Crippen LogP contribution < -0.4 is 0 Å². The van der Waals surface area contributed by atoms with Crippen molar-refractivity contribution < 1.29 is 9.59 Å². The summed E-state index contributed by atoms with van der Waals surface area (Å²) in [6.45, 7) is 9.96. The van der Waals surface area contributed by atoms with Crippen LogP contribution in [0.15, 0.2) is 36.4 Å². The average Bonchev–Trinajstić information content (AvgIpc) is 3.03. The minimum atomic E-state index is -0.0294. The maximum absolute atomic E-state index is 11.9. The molecule has 1 aromatic heterocycles. The van der Waals surface area contributed by atoms with E-state index in [1.54, 1.807) is 24.3 Å². The maximum Gasteiger partial charge on any atom is 0.173 e. The van der Waals surface area contributed by atoms with Gasteiger partial charge in [-0.05, 0) is 43.3 Å². The minimum absolute atomic E-state index is 0.0282. The summed E-state index contributed by atoms with van der Waals surface area (Å²) in [6, 6.07) is 10.5. The predicted octanol–water partition coefficient (Wildman–Crippen LogP) is 6.61. The van der Waals surface area contributed by atoms with Crippen LogP contribution in [0.1, 0.15) is 65.4 Å². The van der Waals surface area contributed by atoms with Crippen LogP contribution >= 0.6 is 22.9 Å². The van der Waals surface area contributed by atoms with Gasteiger partial charge in [0.15, 0.2) is 11.6 Å². The third-order valence-corrected chi connectivity index (χ3v) is 4.05. The molecule has 0 unspecified atom stereocenters. The number of hydrogen-bond donors (Lipinski definition) is 0. The van der Waals surface area contributed by atoms with Gasteiger partial charge in [0, 0.05) is 28.3 Å². The highest BCUT2D eigenvalue weighted by Crippen LogP contribution is 2.18. The van der Waals surface area contributed by atoms with Gasteiger partial charge in [-0.1, -0.05) is 39.3 Å². The van der Waals surface area contributed by atoms with E-state index >= 15 is 0 Å². The highest BCUT2D eigenvalue weighted by atomic mass is 35.5. The van der Waals surface area contributed by atoms with Gasteiger partial charge >= 0.3 is 0 Å². The van der Waals surface area contributed by atoms with Crippen molar-refractivity contribution in [3.05, 3.63) is 56.7 Å². The van der Waals surface area contributed by atoms with Crippen molar-refractivity contribution in [2.45, 2.75) is 47.5 Å². The number of ketones is 2. The number of halogens is 1. The summed E-state index contributed by atoms with van der Waals surface area (Å²) in [5.74, 6) is -0.00120. The lowest BCUT2D eigenvalue weighted by Crippen LogP contribution is -2.04. The molecule has 1 aromatic carbocycles. The van der Waals surface area contributed by atoms with Crippen molar-refractivity contribution in [2.24, 2.45) is 0 Å². The molecule has 23 heavy (non-hydrogen) atoms. The lowest BCUT2D eigenvalue weighted by Gasteiger charge is -2.00. The molecule has 0 N–H and O–H groups in total. The van der Waals surface area contributed by atoms with E-state index in [2.05, 4.69) is 0 Å². The van der Waals surface area contributed by atoms with Gasteiger partial charge in [0.1, 0.15) is 0 Å². The Morgan fingerprint density at radius 2 is 1.39 bits per heavy atom. The minimum Gasteiger partial charge on any atom is -0.294 e. The molecule has 0 radical (unpaired) electrons. The predicted molar refractivity (Wildman–Crippen MR) is 101 cm³/mol. The molecule has 0 aliphatic heterocycles. The quantitative estimate of drug-likeness (QED) is 0.567. The van der Waals surface area contributed by atoms with Crippen molar-refractivity contribution in [3.8, 4) is 0 Å². The second kappa shape index (κ2) is 12.0. The van der Waals surface area contributed by atoms with Crippen molar-refractivity contribution in [1.29, 1.82) is 0 Å². The summed E-state index contributed by atoms with van der Waals surface area (Å²) >= 11 is 7.23. The molecule has 0 fully saturated rings. The van der Waals surface area contributed by atoms with Gasteiger partial charge in [-0.15, -0.1) is 11.3 Å². The highest BCUT2D eigenvalue weighted by molar-refractivity contribution is 7.14. The fraction of sp³-hybridized carbons (Fsp3) is 0.368. The van der Waals surface area contributed by atoms with E-state index in [-0.39, 0.29) is 24.4 Å². The Balaban J connectivity index is 0.00000112. The number of Topliss-reactive ketones (excluding diaryl/α,β-unsaturated/α-hetero) is 2. The molecular weight excluding hydrogens is 328 g/mol. The molecule has 2 nitrogen and oxygen atoms in total. The zero-order chi connectivity index (χ0) is 17.8. The van der Waals surface area contributed by atoms with Gasteiger partial charge in [0.25, 0.3) is 0 Å². The highest BCUT2D eigenvalue weighted by Gasteiger charge is 2.12. The molecule has 4 heteroatoms. The third-order valence-electron chi connectivity index (χ3n) is 2.76. The smallest absolute Gasteiger partial charge is 0.173 e. The van der Waals surface area contributed by atoms with Crippen LogP contribution in [0.3, 0.4) is 0 Å². The second-order valence-electron chi connectivity index (χ2n) is 4.26. The summed E-state index contributed by atoms with van der Waals surface area (Å²) in [4.78, 5) is 25.6. The average molecular weight is 353 g/mol. The fourth-order valence-corrected chi connectivity index (χ4v) is 2.68. The molecule has 0 bridgehead atoms. The Bertz CT molecular complexity index is 600. The first-order valence-corrected chi connectivity index (χ1v) is 9.14. The van der Waals surface area contributed by atoms with Crippen molar-refractivity contribution in [2.75, 3.05) is 0 Å². The van der Waals surface area contributed by atoms with Crippen LogP contribution in [0.4, 0.5) is 0 Å². The molecule has 0 amide bonds. The van der Waals surface area contributed by atoms with Crippen LogP contribution in [0.25, 0.3) is 0 Å². The van der Waals surface area contributed by atoms with E-state index < -0.39 is 0 Å². The van der Waals surface area contributed by atoms with Gasteiger partial charge in [-0.25, -0.2) is 0 Å². The third kappa shape index (κ3) is 7.58. The first kappa shape index (κ1) is 21.6. The van der Waals surface area contributed by atoms with E-state index in [1.807, 2.05) is 46.8 Å². The van der Waals surface area contributed by atoms with E-state index in [4.69, 9.17) is 11.6 Å². The van der Waals surface area contributed by atoms with E-state index in [0.29, 0.717) is 10.6 Å². The Morgan fingerprint density at radius 3 is 1.87 bits per heavy atom. The second-order valence-corrected chi connectivity index (χ2v) is 5.99. The van der Waals surface area contributed by atoms with Gasteiger partial charge in [-0.2, -0.15) is 0 Å². The topological polar surface area (TPSA) is 34.1 Å². The molecule has 2 rings (SSSR count). The number of benzene rings is 1. The first-order valence-electron chi connectivity index (χ1n) is 7.94. The monoisotopic (exact) mass is 352 g/mol. The Labute approximate surface area is 148 Å². The number of carbonyl (C=O) groups excluding carboxylic acids is 2. The van der Waals surface area contributed by atoms with Crippen LogP contribution in [-0.4, -0.2) is 11.6 Å². The number of aryl methyl sites for hydroxylation is 1. The molecule has 1 heterocycles. The number of hydrogen-bond acceptors (Lipinski definition) is 3. The normalized spacial score (nSPS) is 9.13. The molecule has 0 saturated carbocycles.